The summed E-state index contributed by atoms with van der Waals surface area (Å²) in [7, 11) is 0. The van der Waals surface area contributed by atoms with E-state index in [4.69, 9.17) is 15.5 Å². The van der Waals surface area contributed by atoms with E-state index in [1.807, 2.05) is 19.1 Å². The van der Waals surface area contributed by atoms with Gasteiger partial charge in [0.2, 0.25) is 0 Å². The monoisotopic (exact) mass is 300 g/mol. The molecule has 22 heavy (non-hydrogen) atoms. The first-order valence-corrected chi connectivity index (χ1v) is 7.95. The number of pyridine rings is 1. The van der Waals surface area contributed by atoms with E-state index in [2.05, 4.69) is 4.98 Å². The molecule has 2 aromatic rings. The van der Waals surface area contributed by atoms with Crippen molar-refractivity contribution < 1.29 is 4.74 Å². The zero-order chi connectivity index (χ0) is 15.3. The van der Waals surface area contributed by atoms with Crippen LogP contribution in [0.1, 0.15) is 50.3 Å². The molecule has 0 bridgehead atoms. The number of fused-ring (bicyclic) bond motifs is 1. The molecule has 0 aromatic carbocycles. The SMILES string of the molecule is C[C@@H]1OCCC[C@H]1n1c(=O)nc(N)c2ccc(C3CC3)nc21. The fraction of sp³-hybridized carbons (Fsp3) is 0.562. The predicted molar refractivity (Wildman–Crippen MR) is 83.9 cm³/mol. The number of anilines is 1. The van der Waals surface area contributed by atoms with E-state index >= 15 is 0 Å². The van der Waals surface area contributed by atoms with Gasteiger partial charge in [-0.3, -0.25) is 4.57 Å². The molecule has 4 rings (SSSR count). The van der Waals surface area contributed by atoms with Crippen LogP contribution in [-0.2, 0) is 4.74 Å². The number of nitrogen functional groups attached to an aromatic ring is 1. The second-order valence-electron chi connectivity index (χ2n) is 6.32. The Labute approximate surface area is 128 Å². The zero-order valence-electron chi connectivity index (χ0n) is 12.7. The standard InChI is InChI=1S/C16H20N4O2/c1-9-13(3-2-8-22-9)20-15-11(14(17)19-16(20)21)6-7-12(18-15)10-4-5-10/h6-7,9-10,13H,2-5,8H2,1H3,(H2,17,19,21)/t9-,13+/m0/s1. The van der Waals surface area contributed by atoms with Gasteiger partial charge in [0.25, 0.3) is 0 Å². The molecular weight excluding hydrogens is 280 g/mol. The highest BCUT2D eigenvalue weighted by atomic mass is 16.5. The van der Waals surface area contributed by atoms with Crippen molar-refractivity contribution >= 4 is 16.9 Å². The average Bonchev–Trinajstić information content (AvgIpc) is 3.33. The number of aromatic nitrogens is 3. The highest BCUT2D eigenvalue weighted by Gasteiger charge is 2.29. The van der Waals surface area contributed by atoms with Crippen LogP contribution >= 0.6 is 0 Å². The van der Waals surface area contributed by atoms with Crippen molar-refractivity contribution in [3.8, 4) is 0 Å². The van der Waals surface area contributed by atoms with Crippen LogP contribution in [0, 0.1) is 0 Å². The van der Waals surface area contributed by atoms with Gasteiger partial charge >= 0.3 is 5.69 Å². The molecule has 2 fully saturated rings. The molecule has 2 aliphatic rings. The largest absolute Gasteiger partial charge is 0.383 e. The normalized spacial score (nSPS) is 25.5. The van der Waals surface area contributed by atoms with Crippen molar-refractivity contribution in [2.24, 2.45) is 0 Å². The molecule has 6 nitrogen and oxygen atoms in total. The van der Waals surface area contributed by atoms with Gasteiger partial charge in [-0.15, -0.1) is 0 Å². The van der Waals surface area contributed by atoms with E-state index in [0.717, 1.165) is 30.5 Å². The summed E-state index contributed by atoms with van der Waals surface area (Å²) in [6.07, 6.45) is 4.16. The van der Waals surface area contributed by atoms with E-state index < -0.39 is 0 Å². The number of nitrogens with zero attached hydrogens (tertiary/aromatic N) is 3. The van der Waals surface area contributed by atoms with Crippen LogP contribution < -0.4 is 11.4 Å². The van der Waals surface area contributed by atoms with Crippen molar-refractivity contribution in [2.75, 3.05) is 12.3 Å². The van der Waals surface area contributed by atoms with Crippen molar-refractivity contribution in [3.63, 3.8) is 0 Å². The van der Waals surface area contributed by atoms with Crippen molar-refractivity contribution in [1.82, 2.24) is 14.5 Å². The minimum atomic E-state index is -0.326. The first-order chi connectivity index (χ1) is 10.6. The Bertz CT molecular complexity index is 782. The minimum Gasteiger partial charge on any atom is -0.383 e. The van der Waals surface area contributed by atoms with Gasteiger partial charge in [-0.25, -0.2) is 9.78 Å². The van der Waals surface area contributed by atoms with Crippen LogP contribution in [-0.4, -0.2) is 27.2 Å². The van der Waals surface area contributed by atoms with Gasteiger partial charge in [0, 0.05) is 18.2 Å². The van der Waals surface area contributed by atoms with Crippen molar-refractivity contribution in [1.29, 1.82) is 0 Å². The van der Waals surface area contributed by atoms with Gasteiger partial charge in [0.15, 0.2) is 0 Å². The summed E-state index contributed by atoms with van der Waals surface area (Å²) in [4.78, 5) is 21.2. The number of hydrogen-bond acceptors (Lipinski definition) is 5. The Hall–Kier alpha value is -1.95. The lowest BCUT2D eigenvalue weighted by Crippen LogP contribution is -2.37. The Balaban J connectivity index is 1.94. The predicted octanol–water partition coefficient (Wildman–Crippen LogP) is 1.99. The lowest BCUT2D eigenvalue weighted by molar-refractivity contribution is -0.00914. The highest BCUT2D eigenvalue weighted by Crippen LogP contribution is 2.39. The summed E-state index contributed by atoms with van der Waals surface area (Å²) in [5.41, 5.74) is 7.32. The maximum absolute atomic E-state index is 12.5. The first-order valence-electron chi connectivity index (χ1n) is 7.95. The van der Waals surface area contributed by atoms with Gasteiger partial charge in [0.05, 0.1) is 17.5 Å². The lowest BCUT2D eigenvalue weighted by Gasteiger charge is -2.31. The maximum Gasteiger partial charge on any atom is 0.351 e. The molecule has 1 saturated heterocycles. The Kier molecular flexibility index (Phi) is 3.14. The number of rotatable bonds is 2. The summed E-state index contributed by atoms with van der Waals surface area (Å²) >= 11 is 0. The molecule has 2 N–H and O–H groups in total. The molecule has 1 aliphatic carbocycles. The Morgan fingerprint density at radius 2 is 2.09 bits per heavy atom. The highest BCUT2D eigenvalue weighted by molar-refractivity contribution is 5.85. The lowest BCUT2D eigenvalue weighted by atomic mass is 10.0. The molecule has 1 aliphatic heterocycles. The van der Waals surface area contributed by atoms with Crippen LogP contribution in [0.25, 0.3) is 11.0 Å². The molecule has 116 valence electrons. The molecule has 0 amide bonds. The topological polar surface area (TPSA) is 83.0 Å². The average molecular weight is 300 g/mol. The second-order valence-corrected chi connectivity index (χ2v) is 6.32. The van der Waals surface area contributed by atoms with Gasteiger partial charge in [-0.05, 0) is 44.7 Å². The summed E-state index contributed by atoms with van der Waals surface area (Å²) in [6, 6.07) is 3.93. The number of nitrogens with two attached hydrogens (primary N) is 1. The molecule has 0 radical (unpaired) electrons. The Morgan fingerprint density at radius 1 is 1.27 bits per heavy atom. The van der Waals surface area contributed by atoms with Gasteiger partial charge in [-0.1, -0.05) is 0 Å². The third kappa shape index (κ3) is 2.18. The zero-order valence-corrected chi connectivity index (χ0v) is 12.7. The van der Waals surface area contributed by atoms with E-state index in [0.29, 0.717) is 11.6 Å². The molecule has 0 unspecified atom stereocenters. The molecule has 6 heteroatoms. The number of hydrogen-bond donors (Lipinski definition) is 1. The summed E-state index contributed by atoms with van der Waals surface area (Å²) in [6.45, 7) is 2.75. The first kappa shape index (κ1) is 13.7. The van der Waals surface area contributed by atoms with Gasteiger partial charge < -0.3 is 10.5 Å². The Morgan fingerprint density at radius 3 is 2.82 bits per heavy atom. The van der Waals surface area contributed by atoms with Crippen LogP contribution in [0.4, 0.5) is 5.82 Å². The summed E-state index contributed by atoms with van der Waals surface area (Å²) in [5, 5.41) is 0.752. The van der Waals surface area contributed by atoms with E-state index in [1.54, 1.807) is 4.57 Å². The number of ether oxygens (including phenoxy) is 1. The van der Waals surface area contributed by atoms with E-state index in [9.17, 15) is 4.79 Å². The maximum atomic E-state index is 12.5. The minimum absolute atomic E-state index is 0.0218. The van der Waals surface area contributed by atoms with Crippen molar-refractivity contribution in [2.45, 2.75) is 50.7 Å². The molecule has 0 spiro atoms. The fourth-order valence-corrected chi connectivity index (χ4v) is 3.31. The van der Waals surface area contributed by atoms with Crippen LogP contribution in [0.3, 0.4) is 0 Å². The molecular formula is C16H20N4O2. The van der Waals surface area contributed by atoms with Crippen LogP contribution in [0.2, 0.25) is 0 Å². The van der Waals surface area contributed by atoms with Crippen molar-refractivity contribution in [3.05, 3.63) is 28.3 Å². The third-order valence-electron chi connectivity index (χ3n) is 4.72. The summed E-state index contributed by atoms with van der Waals surface area (Å²) in [5.74, 6) is 0.790. The van der Waals surface area contributed by atoms with E-state index in [1.165, 1.54) is 12.8 Å². The second kappa shape index (κ2) is 5.05. The smallest absolute Gasteiger partial charge is 0.351 e. The quantitative estimate of drug-likeness (QED) is 0.917. The van der Waals surface area contributed by atoms with Gasteiger partial charge in [-0.2, -0.15) is 4.98 Å². The molecule has 2 atom stereocenters. The van der Waals surface area contributed by atoms with Gasteiger partial charge in [0.1, 0.15) is 11.5 Å². The molecule has 1 saturated carbocycles. The summed E-state index contributed by atoms with van der Waals surface area (Å²) < 4.78 is 7.42. The molecule has 3 heterocycles. The van der Waals surface area contributed by atoms with Crippen LogP contribution in [0.15, 0.2) is 16.9 Å². The van der Waals surface area contributed by atoms with E-state index in [-0.39, 0.29) is 23.7 Å². The fourth-order valence-electron chi connectivity index (χ4n) is 3.31. The van der Waals surface area contributed by atoms with Crippen LogP contribution in [0.5, 0.6) is 0 Å². The molecule has 2 aromatic heterocycles. The third-order valence-corrected chi connectivity index (χ3v) is 4.72.